The highest BCUT2D eigenvalue weighted by Crippen LogP contribution is 2.02. The Morgan fingerprint density at radius 1 is 1.40 bits per heavy atom. The minimum absolute atomic E-state index is 0.184. The molecule has 0 heterocycles. The van der Waals surface area contributed by atoms with Crippen molar-refractivity contribution < 1.29 is 9.53 Å². The highest BCUT2D eigenvalue weighted by atomic mass is 32.1. The lowest BCUT2D eigenvalue weighted by atomic mass is 10.2. The monoisotopic (exact) mass is 232 g/mol. The predicted molar refractivity (Wildman–Crippen MR) is 64.7 cm³/mol. The fraction of sp³-hybridized carbons (Fsp3) is 0.800. The summed E-state index contributed by atoms with van der Waals surface area (Å²) in [6.45, 7) is 5.64. The maximum absolute atomic E-state index is 11.0. The number of nitrogens with two attached hydrogens (primary N) is 1. The van der Waals surface area contributed by atoms with Gasteiger partial charge in [0.05, 0.1) is 18.5 Å². The van der Waals surface area contributed by atoms with Crippen molar-refractivity contribution in [2.75, 3.05) is 20.2 Å². The average molecular weight is 232 g/mol. The van der Waals surface area contributed by atoms with E-state index in [0.717, 1.165) is 6.54 Å². The number of hydrogen-bond acceptors (Lipinski definition) is 4. The van der Waals surface area contributed by atoms with Crippen molar-refractivity contribution in [1.82, 2.24) is 4.90 Å². The molecule has 0 atom stereocenters. The van der Waals surface area contributed by atoms with E-state index in [2.05, 4.69) is 23.5 Å². The molecule has 0 aliphatic heterocycles. The highest BCUT2D eigenvalue weighted by molar-refractivity contribution is 7.80. The number of esters is 1. The molecule has 0 radical (unpaired) electrons. The Hall–Kier alpha value is -0.680. The molecule has 2 N–H and O–H groups in total. The minimum Gasteiger partial charge on any atom is -0.469 e. The zero-order valence-corrected chi connectivity index (χ0v) is 10.5. The molecular formula is C10H20N2O2S. The van der Waals surface area contributed by atoms with Gasteiger partial charge in [0.15, 0.2) is 0 Å². The molecule has 5 heteroatoms. The zero-order chi connectivity index (χ0) is 11.8. The quantitative estimate of drug-likeness (QED) is 0.523. The van der Waals surface area contributed by atoms with Gasteiger partial charge in [-0.15, -0.1) is 0 Å². The lowest BCUT2D eigenvalue weighted by Gasteiger charge is -2.25. The van der Waals surface area contributed by atoms with Gasteiger partial charge < -0.3 is 10.5 Å². The summed E-state index contributed by atoms with van der Waals surface area (Å²) in [5.41, 5.74) is 5.44. The molecule has 0 saturated carbocycles. The van der Waals surface area contributed by atoms with Gasteiger partial charge in [-0.2, -0.15) is 0 Å². The van der Waals surface area contributed by atoms with Crippen LogP contribution >= 0.6 is 12.2 Å². The van der Waals surface area contributed by atoms with E-state index in [1.54, 1.807) is 0 Å². The Kier molecular flexibility index (Phi) is 7.25. The van der Waals surface area contributed by atoms with Crippen LogP contribution in [-0.2, 0) is 9.53 Å². The molecule has 0 aromatic rings. The first kappa shape index (κ1) is 14.3. The third-order valence-electron chi connectivity index (χ3n) is 2.21. The van der Waals surface area contributed by atoms with Gasteiger partial charge in [0, 0.05) is 25.6 Å². The molecule has 0 saturated heterocycles. The first-order valence-corrected chi connectivity index (χ1v) is 5.47. The summed E-state index contributed by atoms with van der Waals surface area (Å²) in [4.78, 5) is 13.7. The van der Waals surface area contributed by atoms with E-state index < -0.39 is 0 Å². The molecule has 0 aliphatic rings. The van der Waals surface area contributed by atoms with Crippen molar-refractivity contribution in [3.8, 4) is 0 Å². The van der Waals surface area contributed by atoms with Crippen molar-refractivity contribution in [3.05, 3.63) is 0 Å². The van der Waals surface area contributed by atoms with Gasteiger partial charge in [-0.25, -0.2) is 0 Å². The molecule has 0 bridgehead atoms. The maximum Gasteiger partial charge on any atom is 0.306 e. The fourth-order valence-electron chi connectivity index (χ4n) is 1.22. The van der Waals surface area contributed by atoms with Crippen LogP contribution in [0.5, 0.6) is 0 Å². The summed E-state index contributed by atoms with van der Waals surface area (Å²) in [7, 11) is 1.40. The second-order valence-corrected chi connectivity index (χ2v) is 4.20. The van der Waals surface area contributed by atoms with Crippen molar-refractivity contribution in [2.24, 2.45) is 5.73 Å². The molecule has 0 rings (SSSR count). The number of hydrogen-bond donors (Lipinski definition) is 1. The van der Waals surface area contributed by atoms with Crippen molar-refractivity contribution in [2.45, 2.75) is 32.7 Å². The summed E-state index contributed by atoms with van der Waals surface area (Å²) in [6, 6.07) is 0.379. The van der Waals surface area contributed by atoms with Crippen molar-refractivity contribution >= 4 is 23.2 Å². The molecule has 0 fully saturated rings. The number of carbonyl (C=O) groups is 1. The van der Waals surface area contributed by atoms with Crippen LogP contribution in [0.2, 0.25) is 0 Å². The number of ether oxygens (including phenoxy) is 1. The Bertz CT molecular complexity index is 219. The van der Waals surface area contributed by atoms with Gasteiger partial charge >= 0.3 is 5.97 Å². The summed E-state index contributed by atoms with van der Waals surface area (Å²) in [5.74, 6) is -0.184. The molecule has 4 nitrogen and oxygen atoms in total. The largest absolute Gasteiger partial charge is 0.469 e. The molecule has 15 heavy (non-hydrogen) atoms. The lowest BCUT2D eigenvalue weighted by Crippen LogP contribution is -2.35. The summed E-state index contributed by atoms with van der Waals surface area (Å²) < 4.78 is 4.59. The summed E-state index contributed by atoms with van der Waals surface area (Å²) in [5, 5.41) is 0. The first-order chi connectivity index (χ1) is 6.97. The molecule has 0 aromatic heterocycles. The van der Waals surface area contributed by atoms with E-state index >= 15 is 0 Å². The molecule has 0 spiro atoms. The van der Waals surface area contributed by atoms with Crippen LogP contribution in [0.15, 0.2) is 0 Å². The lowest BCUT2D eigenvalue weighted by molar-refractivity contribution is -0.141. The molecule has 0 amide bonds. The van der Waals surface area contributed by atoms with Crippen LogP contribution < -0.4 is 5.73 Å². The van der Waals surface area contributed by atoms with E-state index in [9.17, 15) is 4.79 Å². The van der Waals surface area contributed by atoms with Gasteiger partial charge in [-0.3, -0.25) is 9.69 Å². The Morgan fingerprint density at radius 3 is 2.33 bits per heavy atom. The number of nitrogens with zero attached hydrogens (tertiary/aromatic N) is 1. The molecule has 0 aliphatic carbocycles. The van der Waals surface area contributed by atoms with Crippen LogP contribution in [0.25, 0.3) is 0 Å². The van der Waals surface area contributed by atoms with Gasteiger partial charge in [0.1, 0.15) is 0 Å². The number of rotatable bonds is 7. The van der Waals surface area contributed by atoms with Crippen LogP contribution in [0, 0.1) is 0 Å². The van der Waals surface area contributed by atoms with Crippen molar-refractivity contribution in [3.63, 3.8) is 0 Å². The second-order valence-electron chi connectivity index (χ2n) is 3.67. The SMILES string of the molecule is COC(=O)CCN(CCC(N)=S)C(C)C. The smallest absolute Gasteiger partial charge is 0.306 e. The average Bonchev–Trinajstić information content (AvgIpc) is 2.16. The molecule has 0 unspecified atom stereocenters. The van der Waals surface area contributed by atoms with E-state index in [4.69, 9.17) is 18.0 Å². The topological polar surface area (TPSA) is 55.6 Å². The van der Waals surface area contributed by atoms with Gasteiger partial charge in [-0.1, -0.05) is 12.2 Å². The van der Waals surface area contributed by atoms with E-state index in [0.29, 0.717) is 30.4 Å². The Labute approximate surface area is 96.8 Å². The zero-order valence-electron chi connectivity index (χ0n) is 9.66. The van der Waals surface area contributed by atoms with Gasteiger partial charge in [0.25, 0.3) is 0 Å². The summed E-state index contributed by atoms with van der Waals surface area (Å²) >= 11 is 4.82. The predicted octanol–water partition coefficient (Wildman–Crippen LogP) is 0.936. The van der Waals surface area contributed by atoms with E-state index in [1.165, 1.54) is 7.11 Å². The Morgan fingerprint density at radius 2 is 1.93 bits per heavy atom. The fourth-order valence-corrected chi connectivity index (χ4v) is 1.31. The minimum atomic E-state index is -0.184. The summed E-state index contributed by atoms with van der Waals surface area (Å²) in [6.07, 6.45) is 1.10. The van der Waals surface area contributed by atoms with Gasteiger partial charge in [-0.05, 0) is 13.8 Å². The van der Waals surface area contributed by atoms with E-state index in [-0.39, 0.29) is 5.97 Å². The van der Waals surface area contributed by atoms with E-state index in [1.807, 2.05) is 0 Å². The first-order valence-electron chi connectivity index (χ1n) is 5.06. The normalized spacial score (nSPS) is 10.7. The van der Waals surface area contributed by atoms with Crippen LogP contribution in [0.3, 0.4) is 0 Å². The number of thiocarbonyl (C=S) groups is 1. The molecule has 88 valence electrons. The maximum atomic E-state index is 11.0. The molecule has 0 aromatic carbocycles. The molecular weight excluding hydrogens is 212 g/mol. The van der Waals surface area contributed by atoms with Gasteiger partial charge in [0.2, 0.25) is 0 Å². The van der Waals surface area contributed by atoms with Crippen LogP contribution in [0.4, 0.5) is 0 Å². The Balaban J connectivity index is 3.93. The highest BCUT2D eigenvalue weighted by Gasteiger charge is 2.11. The third kappa shape index (κ3) is 7.27. The van der Waals surface area contributed by atoms with Crippen molar-refractivity contribution in [1.29, 1.82) is 0 Å². The second kappa shape index (κ2) is 7.59. The van der Waals surface area contributed by atoms with Crippen LogP contribution in [0.1, 0.15) is 26.7 Å². The number of carbonyl (C=O) groups excluding carboxylic acids is 1. The van der Waals surface area contributed by atoms with Crippen LogP contribution in [-0.4, -0.2) is 42.1 Å². The number of methoxy groups -OCH3 is 1. The third-order valence-corrected chi connectivity index (χ3v) is 2.41. The standard InChI is InChI=1S/C10H20N2O2S/c1-8(2)12(6-4-9(11)15)7-5-10(13)14-3/h8H,4-7H2,1-3H3,(H2,11,15).